The van der Waals surface area contributed by atoms with Crippen LogP contribution in [0.3, 0.4) is 0 Å². The normalized spacial score (nSPS) is 11.2. The third-order valence-electron chi connectivity index (χ3n) is 3.65. The van der Waals surface area contributed by atoms with Gasteiger partial charge in [-0.3, -0.25) is 0 Å². The van der Waals surface area contributed by atoms with Crippen molar-refractivity contribution in [2.24, 2.45) is 0 Å². The Balaban J connectivity index is 1.86. The summed E-state index contributed by atoms with van der Waals surface area (Å²) < 4.78 is 6.91. The second-order valence-electron chi connectivity index (χ2n) is 5.21. The molecule has 6 heteroatoms. The van der Waals surface area contributed by atoms with Crippen LogP contribution in [0.4, 0.5) is 5.82 Å². The molecule has 0 bridgehead atoms. The average molecular weight is 306 g/mol. The van der Waals surface area contributed by atoms with E-state index in [1.807, 2.05) is 36.4 Å². The predicted molar refractivity (Wildman–Crippen MR) is 86.5 cm³/mol. The van der Waals surface area contributed by atoms with Crippen LogP contribution in [0.25, 0.3) is 28.4 Å². The molecule has 0 aliphatic carbocycles. The maximum Gasteiger partial charge on any atom is 0.217 e. The summed E-state index contributed by atoms with van der Waals surface area (Å²) in [5.74, 6) is 1.57. The van der Waals surface area contributed by atoms with E-state index in [9.17, 15) is 5.11 Å². The Labute approximate surface area is 131 Å². The van der Waals surface area contributed by atoms with Gasteiger partial charge in [0.2, 0.25) is 5.82 Å². The molecule has 0 saturated carbocycles. The molecule has 0 atom stereocenters. The number of nitrogens with zero attached hydrogens (tertiary/aromatic N) is 3. The molecule has 6 nitrogen and oxygen atoms in total. The average Bonchev–Trinajstić information content (AvgIpc) is 3.24. The molecule has 1 aromatic carbocycles. The second-order valence-corrected chi connectivity index (χ2v) is 5.21. The zero-order chi connectivity index (χ0) is 15.8. The van der Waals surface area contributed by atoms with Gasteiger partial charge in [0, 0.05) is 0 Å². The number of fused-ring (bicyclic) bond motifs is 1. The molecule has 4 aromatic rings. The van der Waals surface area contributed by atoms with E-state index >= 15 is 0 Å². The van der Waals surface area contributed by atoms with Crippen LogP contribution in [0, 0.1) is 0 Å². The van der Waals surface area contributed by atoms with E-state index in [4.69, 9.17) is 10.2 Å². The number of benzene rings is 1. The van der Waals surface area contributed by atoms with Crippen LogP contribution in [0.2, 0.25) is 0 Å². The first-order valence-corrected chi connectivity index (χ1v) is 7.15. The van der Waals surface area contributed by atoms with E-state index in [-0.39, 0.29) is 6.61 Å². The van der Waals surface area contributed by atoms with E-state index in [2.05, 4.69) is 10.1 Å². The molecule has 0 amide bonds. The number of nitrogen functional groups attached to an aromatic ring is 1. The molecular weight excluding hydrogens is 292 g/mol. The fraction of sp³-hybridized carbons (Fsp3) is 0.0588. The number of aliphatic hydroxyl groups excluding tert-OH is 1. The van der Waals surface area contributed by atoms with Gasteiger partial charge in [-0.25, -0.2) is 4.98 Å². The Bertz CT molecular complexity index is 974. The quantitative estimate of drug-likeness (QED) is 0.607. The number of aromatic nitrogens is 3. The number of pyridine rings is 1. The highest BCUT2D eigenvalue weighted by atomic mass is 16.3. The largest absolute Gasteiger partial charge is 0.461 e. The molecule has 3 aromatic heterocycles. The summed E-state index contributed by atoms with van der Waals surface area (Å²) in [6.45, 7) is -0.000853. The highest BCUT2D eigenvalue weighted by Gasteiger charge is 2.12. The summed E-state index contributed by atoms with van der Waals surface area (Å²) in [5, 5.41) is 13.7. The lowest BCUT2D eigenvalue weighted by molar-refractivity contribution is 0.282. The first-order valence-electron chi connectivity index (χ1n) is 7.15. The number of anilines is 1. The molecule has 0 fully saturated rings. The molecule has 23 heavy (non-hydrogen) atoms. The highest BCUT2D eigenvalue weighted by molar-refractivity contribution is 5.72. The van der Waals surface area contributed by atoms with E-state index in [0.717, 1.165) is 16.7 Å². The van der Waals surface area contributed by atoms with Gasteiger partial charge in [0.15, 0.2) is 11.4 Å². The number of rotatable bonds is 3. The van der Waals surface area contributed by atoms with E-state index in [1.54, 1.807) is 22.9 Å². The SMILES string of the molecule is Nc1cc(-c2cccc(CO)c2)cc2nc(-c3ccco3)nn12. The predicted octanol–water partition coefficient (Wildman–Crippen LogP) is 2.73. The Morgan fingerprint density at radius 2 is 2.00 bits per heavy atom. The third kappa shape index (κ3) is 2.35. The van der Waals surface area contributed by atoms with Gasteiger partial charge in [-0.2, -0.15) is 4.52 Å². The summed E-state index contributed by atoms with van der Waals surface area (Å²) in [5.41, 5.74) is 9.48. The van der Waals surface area contributed by atoms with Crippen molar-refractivity contribution in [3.8, 4) is 22.7 Å². The Morgan fingerprint density at radius 3 is 2.78 bits per heavy atom. The fourth-order valence-electron chi connectivity index (χ4n) is 2.53. The summed E-state index contributed by atoms with van der Waals surface area (Å²) in [6.07, 6.45) is 1.58. The van der Waals surface area contributed by atoms with Crippen LogP contribution in [0.5, 0.6) is 0 Å². The van der Waals surface area contributed by atoms with Gasteiger partial charge in [-0.15, -0.1) is 5.10 Å². The molecule has 114 valence electrons. The van der Waals surface area contributed by atoms with Gasteiger partial charge in [0.25, 0.3) is 0 Å². The Hall–Kier alpha value is -3.12. The number of furan rings is 1. The molecule has 4 rings (SSSR count). The molecule has 3 heterocycles. The van der Waals surface area contributed by atoms with Crippen molar-refractivity contribution in [3.05, 3.63) is 60.4 Å². The minimum absolute atomic E-state index is 0.000853. The lowest BCUT2D eigenvalue weighted by Gasteiger charge is -2.06. The standard InChI is InChI=1S/C17H14N4O2/c18-15-8-13(12-4-1-3-11(7-12)10-22)9-16-19-17(20-21(15)16)14-5-2-6-23-14/h1-9,22H,10,18H2. The van der Waals surface area contributed by atoms with Crippen molar-refractivity contribution in [2.75, 3.05) is 5.73 Å². The zero-order valence-electron chi connectivity index (χ0n) is 12.2. The number of hydrogen-bond acceptors (Lipinski definition) is 5. The zero-order valence-corrected chi connectivity index (χ0v) is 12.2. The van der Waals surface area contributed by atoms with Gasteiger partial charge < -0.3 is 15.3 Å². The van der Waals surface area contributed by atoms with Gasteiger partial charge in [-0.05, 0) is 47.0 Å². The van der Waals surface area contributed by atoms with Crippen LogP contribution in [-0.2, 0) is 6.61 Å². The smallest absolute Gasteiger partial charge is 0.217 e. The Kier molecular flexibility index (Phi) is 3.09. The third-order valence-corrected chi connectivity index (χ3v) is 3.65. The van der Waals surface area contributed by atoms with E-state index in [0.29, 0.717) is 23.0 Å². The first-order chi connectivity index (χ1) is 11.2. The molecule has 0 radical (unpaired) electrons. The van der Waals surface area contributed by atoms with Gasteiger partial charge in [0.1, 0.15) is 5.82 Å². The topological polar surface area (TPSA) is 89.6 Å². The highest BCUT2D eigenvalue weighted by Crippen LogP contribution is 2.26. The maximum atomic E-state index is 9.28. The van der Waals surface area contributed by atoms with Gasteiger partial charge >= 0.3 is 0 Å². The Morgan fingerprint density at radius 1 is 1.09 bits per heavy atom. The number of hydrogen-bond donors (Lipinski definition) is 2. The molecule has 0 aliphatic heterocycles. The van der Waals surface area contributed by atoms with Crippen LogP contribution in [0.15, 0.2) is 59.2 Å². The monoisotopic (exact) mass is 306 g/mol. The minimum Gasteiger partial charge on any atom is -0.461 e. The first kappa shape index (κ1) is 13.5. The van der Waals surface area contributed by atoms with Crippen molar-refractivity contribution < 1.29 is 9.52 Å². The van der Waals surface area contributed by atoms with E-state index in [1.165, 1.54) is 0 Å². The fourth-order valence-corrected chi connectivity index (χ4v) is 2.53. The molecule has 3 N–H and O–H groups in total. The molecule has 0 unspecified atom stereocenters. The molecule has 0 spiro atoms. The lowest BCUT2D eigenvalue weighted by Crippen LogP contribution is -1.99. The lowest BCUT2D eigenvalue weighted by atomic mass is 10.0. The van der Waals surface area contributed by atoms with Crippen molar-refractivity contribution in [3.63, 3.8) is 0 Å². The van der Waals surface area contributed by atoms with Crippen LogP contribution in [0.1, 0.15) is 5.56 Å². The summed E-state index contributed by atoms with van der Waals surface area (Å²) in [6, 6.07) is 15.0. The van der Waals surface area contributed by atoms with E-state index < -0.39 is 0 Å². The molecular formula is C17H14N4O2. The van der Waals surface area contributed by atoms with Crippen molar-refractivity contribution in [1.82, 2.24) is 14.6 Å². The van der Waals surface area contributed by atoms with Crippen molar-refractivity contribution >= 4 is 11.5 Å². The maximum absolute atomic E-state index is 9.28. The van der Waals surface area contributed by atoms with Gasteiger partial charge in [0.05, 0.1) is 12.9 Å². The van der Waals surface area contributed by atoms with Gasteiger partial charge in [-0.1, -0.05) is 18.2 Å². The van der Waals surface area contributed by atoms with Crippen molar-refractivity contribution in [2.45, 2.75) is 6.61 Å². The number of aliphatic hydroxyl groups is 1. The second kappa shape index (κ2) is 5.26. The van der Waals surface area contributed by atoms with Crippen LogP contribution < -0.4 is 5.73 Å². The molecule has 0 saturated heterocycles. The summed E-state index contributed by atoms with van der Waals surface area (Å²) in [7, 11) is 0. The van der Waals surface area contributed by atoms with Crippen molar-refractivity contribution in [1.29, 1.82) is 0 Å². The number of nitrogens with two attached hydrogens (primary N) is 1. The summed E-state index contributed by atoms with van der Waals surface area (Å²) >= 11 is 0. The van der Waals surface area contributed by atoms with Crippen LogP contribution >= 0.6 is 0 Å². The molecule has 0 aliphatic rings. The minimum atomic E-state index is -0.000853. The summed E-state index contributed by atoms with van der Waals surface area (Å²) in [4.78, 5) is 4.47. The van der Waals surface area contributed by atoms with Crippen LogP contribution in [-0.4, -0.2) is 19.7 Å².